The van der Waals surface area contributed by atoms with Gasteiger partial charge in [-0.05, 0) is 24.6 Å². The Labute approximate surface area is 114 Å². The number of hydrogen-bond donors (Lipinski definition) is 2. The number of aliphatic hydroxyl groups excluding tert-OH is 1. The Kier molecular flexibility index (Phi) is 4.03. The highest BCUT2D eigenvalue weighted by Gasteiger charge is 2.27. The predicted molar refractivity (Wildman–Crippen MR) is 80.2 cm³/mol. The first-order chi connectivity index (χ1) is 9.20. The van der Waals surface area contributed by atoms with E-state index in [1.807, 2.05) is 61.5 Å². The molecule has 0 aliphatic carbocycles. The average molecular weight is 253 g/mol. The van der Waals surface area contributed by atoms with Crippen molar-refractivity contribution in [2.75, 3.05) is 11.9 Å². The quantitative estimate of drug-likeness (QED) is 0.800. The molecule has 2 aromatic carbocycles. The van der Waals surface area contributed by atoms with Crippen molar-refractivity contribution in [3.05, 3.63) is 78.4 Å². The van der Waals surface area contributed by atoms with E-state index in [1.165, 1.54) is 5.56 Å². The summed E-state index contributed by atoms with van der Waals surface area (Å²) in [6.07, 6.45) is 1.75. The summed E-state index contributed by atoms with van der Waals surface area (Å²) < 4.78 is 0. The Hall–Kier alpha value is -2.06. The Balaban J connectivity index is 2.37. The number of benzene rings is 2. The third-order valence-corrected chi connectivity index (χ3v) is 3.31. The van der Waals surface area contributed by atoms with Crippen LogP contribution in [-0.4, -0.2) is 11.7 Å². The molecule has 1 atom stereocenters. The van der Waals surface area contributed by atoms with Crippen molar-refractivity contribution in [2.45, 2.75) is 12.5 Å². The van der Waals surface area contributed by atoms with Crippen LogP contribution in [0.3, 0.4) is 0 Å². The maximum Gasteiger partial charge on any atom is 0.104 e. The summed E-state index contributed by atoms with van der Waals surface area (Å²) in [6.45, 7) is 5.87. The van der Waals surface area contributed by atoms with E-state index < -0.39 is 5.54 Å². The molecular weight excluding hydrogens is 234 g/mol. The summed E-state index contributed by atoms with van der Waals surface area (Å²) in [5, 5.41) is 13.2. The fourth-order valence-electron chi connectivity index (χ4n) is 2.07. The second kappa shape index (κ2) is 5.72. The van der Waals surface area contributed by atoms with E-state index in [4.69, 9.17) is 0 Å². The van der Waals surface area contributed by atoms with Crippen LogP contribution in [0.5, 0.6) is 0 Å². The van der Waals surface area contributed by atoms with Gasteiger partial charge in [0.2, 0.25) is 0 Å². The molecule has 19 heavy (non-hydrogen) atoms. The lowest BCUT2D eigenvalue weighted by Crippen LogP contribution is -2.37. The summed E-state index contributed by atoms with van der Waals surface area (Å²) in [5.41, 5.74) is 2.49. The van der Waals surface area contributed by atoms with E-state index >= 15 is 0 Å². The summed E-state index contributed by atoms with van der Waals surface area (Å²) in [6, 6.07) is 17.9. The van der Waals surface area contributed by atoms with Gasteiger partial charge >= 0.3 is 0 Å². The number of rotatable bonds is 5. The third-order valence-electron chi connectivity index (χ3n) is 3.31. The zero-order chi connectivity index (χ0) is 13.7. The number of anilines is 1. The van der Waals surface area contributed by atoms with E-state index in [0.29, 0.717) is 0 Å². The Morgan fingerprint density at radius 1 is 1.11 bits per heavy atom. The van der Waals surface area contributed by atoms with Crippen molar-refractivity contribution in [2.24, 2.45) is 0 Å². The van der Waals surface area contributed by atoms with Crippen LogP contribution in [0.4, 0.5) is 5.69 Å². The molecule has 0 saturated carbocycles. The lowest BCUT2D eigenvalue weighted by Gasteiger charge is -2.31. The molecule has 0 aromatic heterocycles. The molecule has 2 heteroatoms. The minimum atomic E-state index is -0.658. The summed E-state index contributed by atoms with van der Waals surface area (Å²) >= 11 is 0. The third kappa shape index (κ3) is 2.85. The van der Waals surface area contributed by atoms with Gasteiger partial charge in [-0.1, -0.05) is 54.1 Å². The van der Waals surface area contributed by atoms with Gasteiger partial charge in [0.05, 0.1) is 6.61 Å². The van der Waals surface area contributed by atoms with E-state index in [-0.39, 0.29) is 6.61 Å². The highest BCUT2D eigenvalue weighted by atomic mass is 16.3. The number of nitrogens with one attached hydrogen (secondary N) is 1. The molecule has 2 aromatic rings. The van der Waals surface area contributed by atoms with Crippen LogP contribution in [0.25, 0.3) is 0 Å². The fraction of sp³-hybridized carbons (Fsp3) is 0.176. The molecule has 98 valence electrons. The molecule has 0 saturated heterocycles. The van der Waals surface area contributed by atoms with Gasteiger partial charge < -0.3 is 10.4 Å². The molecule has 0 unspecified atom stereocenters. The van der Waals surface area contributed by atoms with Crippen LogP contribution in [0.2, 0.25) is 0 Å². The predicted octanol–water partition coefficient (Wildman–Crippen LogP) is 3.48. The zero-order valence-electron chi connectivity index (χ0n) is 11.1. The Morgan fingerprint density at radius 3 is 2.26 bits per heavy atom. The molecule has 0 spiro atoms. The molecule has 0 bridgehead atoms. The molecule has 0 radical (unpaired) electrons. The highest BCUT2D eigenvalue weighted by Crippen LogP contribution is 2.27. The van der Waals surface area contributed by atoms with E-state index in [1.54, 1.807) is 6.08 Å². The van der Waals surface area contributed by atoms with Crippen LogP contribution in [0.1, 0.15) is 11.1 Å². The van der Waals surface area contributed by atoms with Gasteiger partial charge in [0.25, 0.3) is 0 Å². The summed E-state index contributed by atoms with van der Waals surface area (Å²) in [5.74, 6) is 0. The van der Waals surface area contributed by atoms with Crippen molar-refractivity contribution < 1.29 is 5.11 Å². The van der Waals surface area contributed by atoms with Gasteiger partial charge in [-0.2, -0.15) is 0 Å². The molecule has 0 aliphatic rings. The maximum absolute atomic E-state index is 9.83. The molecule has 0 heterocycles. The number of aryl methyl sites for hydroxylation is 1. The smallest absolute Gasteiger partial charge is 0.104 e. The van der Waals surface area contributed by atoms with Crippen molar-refractivity contribution >= 4 is 5.69 Å². The number of hydrogen-bond acceptors (Lipinski definition) is 2. The van der Waals surface area contributed by atoms with Gasteiger partial charge in [0, 0.05) is 5.69 Å². The second-order valence-electron chi connectivity index (χ2n) is 4.69. The largest absolute Gasteiger partial charge is 0.393 e. The lowest BCUT2D eigenvalue weighted by molar-refractivity contribution is 0.241. The molecule has 2 nitrogen and oxygen atoms in total. The van der Waals surface area contributed by atoms with Crippen LogP contribution >= 0.6 is 0 Å². The van der Waals surface area contributed by atoms with Crippen LogP contribution < -0.4 is 5.32 Å². The topological polar surface area (TPSA) is 32.3 Å². The highest BCUT2D eigenvalue weighted by molar-refractivity contribution is 5.50. The number of para-hydroxylation sites is 1. The van der Waals surface area contributed by atoms with Crippen molar-refractivity contribution in [3.63, 3.8) is 0 Å². The number of aliphatic hydroxyl groups is 1. The molecule has 0 aliphatic heterocycles. The minimum Gasteiger partial charge on any atom is -0.393 e. The van der Waals surface area contributed by atoms with E-state index in [0.717, 1.165) is 11.3 Å². The average Bonchev–Trinajstić information content (AvgIpc) is 2.47. The van der Waals surface area contributed by atoms with E-state index in [9.17, 15) is 5.11 Å². The molecular formula is C17H19NO. The molecule has 0 amide bonds. The van der Waals surface area contributed by atoms with Crippen LogP contribution in [0.15, 0.2) is 67.3 Å². The molecule has 0 fully saturated rings. The Morgan fingerprint density at radius 2 is 1.74 bits per heavy atom. The summed E-state index contributed by atoms with van der Waals surface area (Å²) in [7, 11) is 0. The fourth-order valence-corrected chi connectivity index (χ4v) is 2.07. The minimum absolute atomic E-state index is 0.0472. The standard InChI is InChI=1S/C17H19NO/c1-3-17(13-19,15-11-9-14(2)10-12-15)18-16-7-5-4-6-8-16/h3-12,18-19H,1,13H2,2H3/t17-/m1/s1. The van der Waals surface area contributed by atoms with Gasteiger partial charge in [0.15, 0.2) is 0 Å². The van der Waals surface area contributed by atoms with Crippen LogP contribution in [0, 0.1) is 6.92 Å². The van der Waals surface area contributed by atoms with Gasteiger partial charge in [-0.25, -0.2) is 0 Å². The van der Waals surface area contributed by atoms with Gasteiger partial charge in [-0.3, -0.25) is 0 Å². The van der Waals surface area contributed by atoms with Gasteiger partial charge in [0.1, 0.15) is 5.54 Å². The zero-order valence-corrected chi connectivity index (χ0v) is 11.1. The van der Waals surface area contributed by atoms with Crippen molar-refractivity contribution in [3.8, 4) is 0 Å². The first kappa shape index (κ1) is 13.4. The SMILES string of the molecule is C=C[C@](CO)(Nc1ccccc1)c1ccc(C)cc1. The first-order valence-electron chi connectivity index (χ1n) is 6.35. The monoisotopic (exact) mass is 253 g/mol. The second-order valence-corrected chi connectivity index (χ2v) is 4.69. The maximum atomic E-state index is 9.83. The van der Waals surface area contributed by atoms with E-state index in [2.05, 4.69) is 11.9 Å². The van der Waals surface area contributed by atoms with Gasteiger partial charge in [-0.15, -0.1) is 6.58 Å². The first-order valence-corrected chi connectivity index (χ1v) is 6.35. The normalized spacial score (nSPS) is 13.6. The molecule has 2 N–H and O–H groups in total. The van der Waals surface area contributed by atoms with Crippen LogP contribution in [-0.2, 0) is 5.54 Å². The summed E-state index contributed by atoms with van der Waals surface area (Å²) in [4.78, 5) is 0. The van der Waals surface area contributed by atoms with Crippen molar-refractivity contribution in [1.82, 2.24) is 0 Å². The lowest BCUT2D eigenvalue weighted by atomic mass is 9.89. The Bertz CT molecular complexity index is 533. The molecule has 2 rings (SSSR count). The van der Waals surface area contributed by atoms with Crippen molar-refractivity contribution in [1.29, 1.82) is 0 Å².